The third-order valence-electron chi connectivity index (χ3n) is 3.90. The van der Waals surface area contributed by atoms with Crippen LogP contribution in [0.3, 0.4) is 0 Å². The lowest BCUT2D eigenvalue weighted by Gasteiger charge is -2.12. The first-order valence-electron chi connectivity index (χ1n) is 8.21. The number of carbonyl (C=O) groups excluding carboxylic acids is 1. The molecule has 1 aromatic heterocycles. The molecule has 0 atom stereocenters. The number of anilines is 1. The summed E-state index contributed by atoms with van der Waals surface area (Å²) in [7, 11) is 3.13. The van der Waals surface area contributed by atoms with Crippen molar-refractivity contribution < 1.29 is 19.0 Å². The van der Waals surface area contributed by atoms with E-state index in [0.717, 1.165) is 16.6 Å². The molecule has 1 heterocycles. The number of hydrogen-bond acceptors (Lipinski definition) is 5. The zero-order valence-electron chi connectivity index (χ0n) is 15.2. The fraction of sp³-hybridized carbons (Fsp3) is 0.200. The minimum Gasteiger partial charge on any atom is -0.497 e. The van der Waals surface area contributed by atoms with Crippen molar-refractivity contribution in [2.24, 2.45) is 0 Å². The number of aromatic nitrogens is 1. The Kier molecular flexibility index (Phi) is 5.66. The van der Waals surface area contributed by atoms with E-state index in [-0.39, 0.29) is 12.5 Å². The smallest absolute Gasteiger partial charge is 0.262 e. The zero-order chi connectivity index (χ0) is 19.4. The van der Waals surface area contributed by atoms with Gasteiger partial charge in [0.25, 0.3) is 5.91 Å². The predicted molar refractivity (Wildman–Crippen MR) is 105 cm³/mol. The van der Waals surface area contributed by atoms with Gasteiger partial charge in [-0.3, -0.25) is 9.78 Å². The van der Waals surface area contributed by atoms with Crippen LogP contribution in [0.25, 0.3) is 10.9 Å². The average molecular weight is 387 g/mol. The molecule has 0 spiro atoms. The molecule has 0 fully saturated rings. The van der Waals surface area contributed by atoms with E-state index in [1.54, 1.807) is 31.4 Å². The van der Waals surface area contributed by atoms with Crippen molar-refractivity contribution in [3.63, 3.8) is 0 Å². The number of carbonyl (C=O) groups is 1. The molecule has 0 aliphatic heterocycles. The van der Waals surface area contributed by atoms with Crippen LogP contribution >= 0.6 is 11.6 Å². The molecule has 0 aliphatic carbocycles. The van der Waals surface area contributed by atoms with E-state index in [1.807, 2.05) is 25.1 Å². The van der Waals surface area contributed by atoms with Crippen LogP contribution in [-0.4, -0.2) is 31.7 Å². The van der Waals surface area contributed by atoms with Crippen molar-refractivity contribution >= 4 is 34.1 Å². The van der Waals surface area contributed by atoms with Crippen molar-refractivity contribution in [2.45, 2.75) is 6.92 Å². The highest BCUT2D eigenvalue weighted by molar-refractivity contribution is 6.32. The molecule has 2 aromatic carbocycles. The highest BCUT2D eigenvalue weighted by Gasteiger charge is 2.10. The summed E-state index contributed by atoms with van der Waals surface area (Å²) >= 11 is 6.07. The summed E-state index contributed by atoms with van der Waals surface area (Å²) in [4.78, 5) is 16.7. The molecule has 3 rings (SSSR count). The minimum absolute atomic E-state index is 0.153. The Morgan fingerprint density at radius 1 is 1.07 bits per heavy atom. The number of aryl methyl sites for hydroxylation is 1. The lowest BCUT2D eigenvalue weighted by molar-refractivity contribution is -0.118. The molecule has 3 aromatic rings. The Bertz CT molecular complexity index is 991. The Morgan fingerprint density at radius 2 is 1.89 bits per heavy atom. The normalized spacial score (nSPS) is 10.5. The highest BCUT2D eigenvalue weighted by Crippen LogP contribution is 2.29. The van der Waals surface area contributed by atoms with Gasteiger partial charge in [0, 0.05) is 22.8 Å². The number of hydrogen-bond donors (Lipinski definition) is 1. The monoisotopic (exact) mass is 386 g/mol. The second kappa shape index (κ2) is 8.14. The molecule has 140 valence electrons. The second-order valence-electron chi connectivity index (χ2n) is 5.83. The summed E-state index contributed by atoms with van der Waals surface area (Å²) in [5.74, 6) is 1.50. The van der Waals surface area contributed by atoms with E-state index in [0.29, 0.717) is 28.0 Å². The minimum atomic E-state index is -0.304. The third kappa shape index (κ3) is 4.41. The Hall–Kier alpha value is -2.99. The van der Waals surface area contributed by atoms with Crippen molar-refractivity contribution in [3.05, 3.63) is 53.2 Å². The predicted octanol–water partition coefficient (Wildman–Crippen LogP) is 4.23. The number of ether oxygens (including phenoxy) is 3. The standard InChI is InChI=1S/C20H19ClN2O4/c1-12-8-19(15-10-14(25-2)5-6-17(15)22-12)27-11-20(24)23-13-4-7-18(26-3)16(21)9-13/h4-10H,11H2,1-3H3,(H,23,24). The van der Waals surface area contributed by atoms with Crippen LogP contribution < -0.4 is 19.5 Å². The molecular formula is C20H19ClN2O4. The SMILES string of the molecule is COc1ccc2nc(C)cc(OCC(=O)Nc3ccc(OC)c(Cl)c3)c2c1. The lowest BCUT2D eigenvalue weighted by atomic mass is 10.1. The second-order valence-corrected chi connectivity index (χ2v) is 6.24. The third-order valence-corrected chi connectivity index (χ3v) is 4.20. The summed E-state index contributed by atoms with van der Waals surface area (Å²) in [5.41, 5.74) is 2.13. The van der Waals surface area contributed by atoms with Gasteiger partial charge in [-0.2, -0.15) is 0 Å². The number of rotatable bonds is 6. The van der Waals surface area contributed by atoms with E-state index in [2.05, 4.69) is 10.3 Å². The van der Waals surface area contributed by atoms with Gasteiger partial charge >= 0.3 is 0 Å². The summed E-state index contributed by atoms with van der Waals surface area (Å²) < 4.78 is 16.1. The van der Waals surface area contributed by atoms with Gasteiger partial charge in [0.2, 0.25) is 0 Å². The molecule has 0 unspecified atom stereocenters. The number of amides is 1. The lowest BCUT2D eigenvalue weighted by Crippen LogP contribution is -2.20. The molecule has 0 radical (unpaired) electrons. The van der Waals surface area contributed by atoms with Gasteiger partial charge in [-0.1, -0.05) is 11.6 Å². The summed E-state index contributed by atoms with van der Waals surface area (Å²) in [6.45, 7) is 1.72. The molecule has 1 N–H and O–H groups in total. The molecule has 0 saturated carbocycles. The molecule has 6 nitrogen and oxygen atoms in total. The maximum absolute atomic E-state index is 12.2. The Labute approximate surface area is 162 Å². The number of methoxy groups -OCH3 is 2. The zero-order valence-corrected chi connectivity index (χ0v) is 16.0. The molecule has 0 bridgehead atoms. The van der Waals surface area contributed by atoms with Gasteiger partial charge in [0.15, 0.2) is 6.61 Å². The fourth-order valence-electron chi connectivity index (χ4n) is 2.63. The maximum Gasteiger partial charge on any atom is 0.262 e. The molecular weight excluding hydrogens is 368 g/mol. The Morgan fingerprint density at radius 3 is 2.59 bits per heavy atom. The van der Waals surface area contributed by atoms with Gasteiger partial charge in [0.1, 0.15) is 17.2 Å². The average Bonchev–Trinajstić information content (AvgIpc) is 2.66. The van der Waals surface area contributed by atoms with Gasteiger partial charge in [-0.05, 0) is 43.3 Å². The molecule has 27 heavy (non-hydrogen) atoms. The first-order valence-corrected chi connectivity index (χ1v) is 8.59. The van der Waals surface area contributed by atoms with E-state index in [4.69, 9.17) is 25.8 Å². The van der Waals surface area contributed by atoms with Gasteiger partial charge in [-0.25, -0.2) is 0 Å². The summed E-state index contributed by atoms with van der Waals surface area (Å²) in [6.07, 6.45) is 0. The highest BCUT2D eigenvalue weighted by atomic mass is 35.5. The van der Waals surface area contributed by atoms with Gasteiger partial charge < -0.3 is 19.5 Å². The number of fused-ring (bicyclic) bond motifs is 1. The summed E-state index contributed by atoms with van der Waals surface area (Å²) in [5, 5.41) is 3.94. The molecule has 1 amide bonds. The van der Waals surface area contributed by atoms with Crippen molar-refractivity contribution in [1.29, 1.82) is 0 Å². The van der Waals surface area contributed by atoms with Crippen LogP contribution in [0.15, 0.2) is 42.5 Å². The Balaban J connectivity index is 1.74. The van der Waals surface area contributed by atoms with Crippen LogP contribution in [0.1, 0.15) is 5.69 Å². The van der Waals surface area contributed by atoms with E-state index in [1.165, 1.54) is 7.11 Å². The number of halogens is 1. The van der Waals surface area contributed by atoms with Crippen LogP contribution in [0.5, 0.6) is 17.2 Å². The molecule has 0 aliphatic rings. The molecule has 7 heteroatoms. The quantitative estimate of drug-likeness (QED) is 0.686. The van der Waals surface area contributed by atoms with Gasteiger partial charge in [0.05, 0.1) is 24.8 Å². The topological polar surface area (TPSA) is 69.7 Å². The maximum atomic E-state index is 12.2. The number of benzene rings is 2. The van der Waals surface area contributed by atoms with Crippen molar-refractivity contribution in [2.75, 3.05) is 26.1 Å². The van der Waals surface area contributed by atoms with E-state index in [9.17, 15) is 4.79 Å². The number of nitrogens with zero attached hydrogens (tertiary/aromatic N) is 1. The van der Waals surface area contributed by atoms with Crippen LogP contribution in [0.4, 0.5) is 5.69 Å². The largest absolute Gasteiger partial charge is 0.497 e. The van der Waals surface area contributed by atoms with Crippen LogP contribution in [0.2, 0.25) is 5.02 Å². The van der Waals surface area contributed by atoms with Gasteiger partial charge in [-0.15, -0.1) is 0 Å². The summed E-state index contributed by atoms with van der Waals surface area (Å²) in [6, 6.07) is 12.3. The first-order chi connectivity index (χ1) is 13.0. The van der Waals surface area contributed by atoms with Crippen LogP contribution in [-0.2, 0) is 4.79 Å². The van der Waals surface area contributed by atoms with Crippen molar-refractivity contribution in [1.82, 2.24) is 4.98 Å². The molecule has 0 saturated heterocycles. The number of pyridine rings is 1. The fourth-order valence-corrected chi connectivity index (χ4v) is 2.89. The van der Waals surface area contributed by atoms with E-state index < -0.39 is 0 Å². The van der Waals surface area contributed by atoms with Crippen molar-refractivity contribution in [3.8, 4) is 17.2 Å². The van der Waals surface area contributed by atoms with Crippen LogP contribution in [0, 0.1) is 6.92 Å². The number of nitrogens with one attached hydrogen (secondary N) is 1. The first kappa shape index (κ1) is 18.8. The van der Waals surface area contributed by atoms with E-state index >= 15 is 0 Å².